The number of furan rings is 1. The number of carbonyl (C=O) groups excluding carboxylic acids is 1. The standard InChI is InChI=1S/C26H28O5S/c1-6-11-32-20-9-8-19-14-23(30-22(19)15-20)21(27)10-7-18-12-16(2)24(17(3)13-18)31-26(4,5)25(28)29/h7-10,12-15H,6,11H2,1-5H3,(H,28,29)/b10-7+. The molecule has 0 aliphatic heterocycles. The zero-order valence-electron chi connectivity index (χ0n) is 19.0. The number of ketones is 1. The first-order valence-electron chi connectivity index (χ1n) is 10.5. The molecule has 0 fully saturated rings. The maximum absolute atomic E-state index is 12.7. The number of rotatable bonds is 9. The van der Waals surface area contributed by atoms with Gasteiger partial charge in [0, 0.05) is 10.3 Å². The van der Waals surface area contributed by atoms with Gasteiger partial charge in [0.1, 0.15) is 11.3 Å². The highest BCUT2D eigenvalue weighted by Gasteiger charge is 2.30. The molecular weight excluding hydrogens is 424 g/mol. The van der Waals surface area contributed by atoms with Gasteiger partial charge in [-0.15, -0.1) is 11.8 Å². The Balaban J connectivity index is 1.78. The number of carbonyl (C=O) groups is 2. The summed E-state index contributed by atoms with van der Waals surface area (Å²) in [5.74, 6) is 0.622. The van der Waals surface area contributed by atoms with E-state index in [1.54, 1.807) is 23.9 Å². The molecule has 1 heterocycles. The number of carboxylic acid groups (broad SMARTS) is 1. The number of hydrogen-bond donors (Lipinski definition) is 1. The summed E-state index contributed by atoms with van der Waals surface area (Å²) in [6.07, 6.45) is 4.31. The number of aryl methyl sites for hydroxylation is 2. The lowest BCUT2D eigenvalue weighted by atomic mass is 10.0. The van der Waals surface area contributed by atoms with Gasteiger partial charge in [-0.3, -0.25) is 4.79 Å². The van der Waals surface area contributed by atoms with Crippen molar-refractivity contribution in [2.75, 3.05) is 5.75 Å². The van der Waals surface area contributed by atoms with Gasteiger partial charge in [0.25, 0.3) is 0 Å². The number of allylic oxidation sites excluding steroid dienone is 1. The SMILES string of the molecule is CCCSc1ccc2cc(C(=O)/C=C/c3cc(C)c(OC(C)(C)C(=O)O)c(C)c3)oc2c1. The molecule has 0 atom stereocenters. The number of thioether (sulfide) groups is 1. The number of fused-ring (bicyclic) bond motifs is 1. The summed E-state index contributed by atoms with van der Waals surface area (Å²) in [6, 6.07) is 11.5. The normalized spacial score (nSPS) is 11.9. The molecule has 0 saturated heterocycles. The molecule has 1 N–H and O–H groups in total. The van der Waals surface area contributed by atoms with Crippen LogP contribution in [0, 0.1) is 13.8 Å². The molecule has 0 saturated carbocycles. The monoisotopic (exact) mass is 452 g/mol. The van der Waals surface area contributed by atoms with Crippen molar-refractivity contribution in [3.05, 3.63) is 64.9 Å². The Morgan fingerprint density at radius 2 is 1.81 bits per heavy atom. The highest BCUT2D eigenvalue weighted by atomic mass is 32.2. The smallest absolute Gasteiger partial charge is 0.347 e. The molecule has 3 rings (SSSR count). The van der Waals surface area contributed by atoms with Gasteiger partial charge in [-0.2, -0.15) is 0 Å². The van der Waals surface area contributed by atoms with Crippen molar-refractivity contribution >= 4 is 40.6 Å². The van der Waals surface area contributed by atoms with Crippen LogP contribution in [0.3, 0.4) is 0 Å². The number of hydrogen-bond acceptors (Lipinski definition) is 5. The Hall–Kier alpha value is -2.99. The Morgan fingerprint density at radius 1 is 1.12 bits per heavy atom. The summed E-state index contributed by atoms with van der Waals surface area (Å²) >= 11 is 1.77. The number of aliphatic carboxylic acids is 1. The second-order valence-corrected chi connectivity index (χ2v) is 9.43. The Bertz CT molecular complexity index is 1160. The molecule has 0 aliphatic rings. The minimum absolute atomic E-state index is 0.216. The van der Waals surface area contributed by atoms with Crippen molar-refractivity contribution in [2.24, 2.45) is 0 Å². The van der Waals surface area contributed by atoms with Crippen LogP contribution in [0.25, 0.3) is 17.0 Å². The zero-order valence-corrected chi connectivity index (χ0v) is 19.8. The predicted molar refractivity (Wildman–Crippen MR) is 129 cm³/mol. The maximum Gasteiger partial charge on any atom is 0.347 e. The average molecular weight is 453 g/mol. The van der Waals surface area contributed by atoms with Crippen LogP contribution in [0.2, 0.25) is 0 Å². The fraction of sp³-hybridized carbons (Fsp3) is 0.308. The molecule has 0 bridgehead atoms. The van der Waals surface area contributed by atoms with Gasteiger partial charge < -0.3 is 14.3 Å². The van der Waals surface area contributed by atoms with E-state index in [-0.39, 0.29) is 5.78 Å². The minimum atomic E-state index is -1.33. The summed E-state index contributed by atoms with van der Waals surface area (Å²) in [5.41, 5.74) is 1.79. The van der Waals surface area contributed by atoms with E-state index >= 15 is 0 Å². The van der Waals surface area contributed by atoms with Crippen molar-refractivity contribution < 1.29 is 23.8 Å². The molecule has 0 aliphatic carbocycles. The molecular formula is C26H28O5S. The zero-order chi connectivity index (χ0) is 23.5. The Labute approximate surface area is 192 Å². The van der Waals surface area contributed by atoms with Gasteiger partial charge in [0.05, 0.1) is 0 Å². The molecule has 3 aromatic rings. The molecule has 0 radical (unpaired) electrons. The van der Waals surface area contributed by atoms with Crippen LogP contribution in [-0.4, -0.2) is 28.2 Å². The van der Waals surface area contributed by atoms with Gasteiger partial charge >= 0.3 is 5.97 Å². The molecule has 32 heavy (non-hydrogen) atoms. The average Bonchev–Trinajstić information content (AvgIpc) is 3.16. The first-order chi connectivity index (χ1) is 15.1. The molecule has 6 heteroatoms. The molecule has 0 unspecified atom stereocenters. The van der Waals surface area contributed by atoms with Crippen LogP contribution in [0.5, 0.6) is 5.75 Å². The third-order valence-corrected chi connectivity index (χ3v) is 6.19. The van der Waals surface area contributed by atoms with Crippen molar-refractivity contribution in [3.8, 4) is 5.75 Å². The van der Waals surface area contributed by atoms with E-state index < -0.39 is 11.6 Å². The Morgan fingerprint density at radius 3 is 2.44 bits per heavy atom. The molecule has 168 valence electrons. The van der Waals surface area contributed by atoms with Gasteiger partial charge in [0.15, 0.2) is 11.4 Å². The number of carboxylic acids is 1. The largest absolute Gasteiger partial charge is 0.478 e. The topological polar surface area (TPSA) is 76.7 Å². The number of ether oxygens (including phenoxy) is 1. The second kappa shape index (κ2) is 9.65. The lowest BCUT2D eigenvalue weighted by molar-refractivity contribution is -0.152. The van der Waals surface area contributed by atoms with Crippen LogP contribution < -0.4 is 4.74 Å². The van der Waals surface area contributed by atoms with Gasteiger partial charge in [0.2, 0.25) is 5.78 Å². The van der Waals surface area contributed by atoms with Gasteiger partial charge in [-0.05, 0) is 99.0 Å². The minimum Gasteiger partial charge on any atom is -0.478 e. The van der Waals surface area contributed by atoms with E-state index in [4.69, 9.17) is 9.15 Å². The van der Waals surface area contributed by atoms with Crippen molar-refractivity contribution in [1.29, 1.82) is 0 Å². The lowest BCUT2D eigenvalue weighted by Gasteiger charge is -2.24. The van der Waals surface area contributed by atoms with Crippen LogP contribution in [-0.2, 0) is 4.79 Å². The van der Waals surface area contributed by atoms with Crippen LogP contribution in [0.4, 0.5) is 0 Å². The van der Waals surface area contributed by atoms with E-state index in [1.165, 1.54) is 19.9 Å². The molecule has 0 spiro atoms. The lowest BCUT2D eigenvalue weighted by Crippen LogP contribution is -2.38. The highest BCUT2D eigenvalue weighted by Crippen LogP contribution is 2.30. The van der Waals surface area contributed by atoms with Crippen LogP contribution in [0.15, 0.2) is 51.8 Å². The van der Waals surface area contributed by atoms with Crippen molar-refractivity contribution in [2.45, 2.75) is 51.5 Å². The quantitative estimate of drug-likeness (QED) is 0.221. The van der Waals surface area contributed by atoms with Gasteiger partial charge in [-0.1, -0.05) is 13.0 Å². The maximum atomic E-state index is 12.7. The molecule has 5 nitrogen and oxygen atoms in total. The van der Waals surface area contributed by atoms with Crippen molar-refractivity contribution in [1.82, 2.24) is 0 Å². The van der Waals surface area contributed by atoms with E-state index in [0.717, 1.165) is 39.1 Å². The molecule has 1 aromatic heterocycles. The fourth-order valence-electron chi connectivity index (χ4n) is 3.24. The van der Waals surface area contributed by atoms with E-state index in [1.807, 2.05) is 44.2 Å². The summed E-state index contributed by atoms with van der Waals surface area (Å²) in [7, 11) is 0. The van der Waals surface area contributed by atoms with Gasteiger partial charge in [-0.25, -0.2) is 4.79 Å². The van der Waals surface area contributed by atoms with E-state index in [0.29, 0.717) is 17.1 Å². The molecule has 2 aromatic carbocycles. The van der Waals surface area contributed by atoms with Crippen LogP contribution in [0.1, 0.15) is 54.4 Å². The first-order valence-corrected chi connectivity index (χ1v) is 11.5. The van der Waals surface area contributed by atoms with Crippen molar-refractivity contribution in [3.63, 3.8) is 0 Å². The Kier molecular flexibility index (Phi) is 7.14. The number of benzene rings is 2. The third-order valence-electron chi connectivity index (χ3n) is 4.99. The van der Waals surface area contributed by atoms with Crippen LogP contribution >= 0.6 is 11.8 Å². The highest BCUT2D eigenvalue weighted by molar-refractivity contribution is 7.99. The van der Waals surface area contributed by atoms with E-state index in [9.17, 15) is 14.7 Å². The fourth-order valence-corrected chi connectivity index (χ4v) is 4.03. The summed E-state index contributed by atoms with van der Waals surface area (Å²) in [4.78, 5) is 25.2. The summed E-state index contributed by atoms with van der Waals surface area (Å²) < 4.78 is 11.5. The summed E-state index contributed by atoms with van der Waals surface area (Å²) in [6.45, 7) is 8.88. The predicted octanol–water partition coefficient (Wildman–Crippen LogP) is 6.69. The third kappa shape index (κ3) is 5.43. The van der Waals surface area contributed by atoms with E-state index in [2.05, 4.69) is 6.92 Å². The molecule has 0 amide bonds. The summed E-state index contributed by atoms with van der Waals surface area (Å²) in [5, 5.41) is 10.2. The first kappa shape index (κ1) is 23.7. The second-order valence-electron chi connectivity index (χ2n) is 8.26.